The minimum Gasteiger partial charge on any atom is -0.484 e. The highest BCUT2D eigenvalue weighted by molar-refractivity contribution is 6.34. The molecule has 242 valence electrons. The SMILES string of the molecule is CC(C)[C@H](NC(=O)C(Cc1ccc(F)c(F)c1)NC(=O)COc1cc(Cl)cc(Cl)c1)C(=O)C(F)(F)C(=O)NCCC(F)(F)F. The van der Waals surface area contributed by atoms with Gasteiger partial charge in [-0.05, 0) is 41.8 Å². The van der Waals surface area contributed by atoms with Crippen LogP contribution < -0.4 is 20.7 Å². The number of ketones is 1. The van der Waals surface area contributed by atoms with Gasteiger partial charge in [0.05, 0.1) is 12.5 Å². The minimum atomic E-state index is -4.85. The van der Waals surface area contributed by atoms with Crippen LogP contribution in [0.25, 0.3) is 0 Å². The van der Waals surface area contributed by atoms with Gasteiger partial charge in [-0.15, -0.1) is 0 Å². The zero-order chi connectivity index (χ0) is 33.4. The Hall–Kier alpha value is -3.59. The van der Waals surface area contributed by atoms with Gasteiger partial charge in [-0.1, -0.05) is 43.1 Å². The molecule has 3 amide bonds. The number of benzene rings is 2. The van der Waals surface area contributed by atoms with Crippen molar-refractivity contribution in [2.75, 3.05) is 13.2 Å². The second kappa shape index (κ2) is 15.4. The van der Waals surface area contributed by atoms with E-state index in [1.54, 1.807) is 0 Å². The fourth-order valence-electron chi connectivity index (χ4n) is 3.63. The van der Waals surface area contributed by atoms with E-state index in [2.05, 4.69) is 5.32 Å². The molecule has 2 atom stereocenters. The van der Waals surface area contributed by atoms with Crippen LogP contribution in [-0.2, 0) is 25.6 Å². The largest absolute Gasteiger partial charge is 0.484 e. The molecular formula is C27H26Cl2F7N3O5. The first-order chi connectivity index (χ1) is 20.3. The first-order valence-corrected chi connectivity index (χ1v) is 13.5. The van der Waals surface area contributed by atoms with Gasteiger partial charge in [0, 0.05) is 23.0 Å². The number of hydrogen-bond donors (Lipinski definition) is 3. The van der Waals surface area contributed by atoms with Gasteiger partial charge in [0.25, 0.3) is 11.8 Å². The average molecular weight is 676 g/mol. The molecule has 0 spiro atoms. The van der Waals surface area contributed by atoms with Crippen molar-refractivity contribution in [2.45, 2.75) is 50.9 Å². The fraction of sp³-hybridized carbons (Fsp3) is 0.407. The molecule has 0 aliphatic rings. The van der Waals surface area contributed by atoms with Crippen molar-refractivity contribution in [3.8, 4) is 5.75 Å². The third-order valence-corrected chi connectivity index (χ3v) is 6.25. The van der Waals surface area contributed by atoms with E-state index in [0.717, 1.165) is 18.2 Å². The van der Waals surface area contributed by atoms with Gasteiger partial charge >= 0.3 is 12.1 Å². The lowest BCUT2D eigenvalue weighted by Gasteiger charge is -2.27. The molecule has 2 aromatic rings. The van der Waals surface area contributed by atoms with E-state index < -0.39 is 91.2 Å². The van der Waals surface area contributed by atoms with Crippen LogP contribution in [0.15, 0.2) is 36.4 Å². The van der Waals surface area contributed by atoms with Crippen LogP contribution in [0.3, 0.4) is 0 Å². The molecule has 0 bridgehead atoms. The molecule has 0 saturated carbocycles. The number of Topliss-reactive ketones (excluding diaryl/α,β-unsaturated/α-hetero) is 1. The first kappa shape index (κ1) is 36.6. The maximum atomic E-state index is 14.7. The lowest BCUT2D eigenvalue weighted by molar-refractivity contribution is -0.162. The Labute approximate surface area is 256 Å². The molecule has 2 aromatic carbocycles. The molecule has 1 unspecified atom stereocenters. The molecule has 17 heteroatoms. The zero-order valence-corrected chi connectivity index (χ0v) is 24.5. The van der Waals surface area contributed by atoms with Crippen LogP contribution in [0.5, 0.6) is 5.75 Å². The highest BCUT2D eigenvalue weighted by atomic mass is 35.5. The molecular weight excluding hydrogens is 650 g/mol. The molecule has 3 N–H and O–H groups in total. The molecule has 8 nitrogen and oxygen atoms in total. The van der Waals surface area contributed by atoms with Gasteiger partial charge in [-0.3, -0.25) is 19.2 Å². The summed E-state index contributed by atoms with van der Waals surface area (Å²) in [6.07, 6.45) is -6.92. The van der Waals surface area contributed by atoms with Crippen LogP contribution >= 0.6 is 23.2 Å². The number of amides is 3. The van der Waals surface area contributed by atoms with Crippen molar-refractivity contribution < 1.29 is 54.6 Å². The quantitative estimate of drug-likeness (QED) is 0.197. The third kappa shape index (κ3) is 11.2. The second-order valence-electron chi connectivity index (χ2n) is 9.76. The Morgan fingerprint density at radius 1 is 0.886 bits per heavy atom. The Morgan fingerprint density at radius 2 is 1.50 bits per heavy atom. The summed E-state index contributed by atoms with van der Waals surface area (Å²) in [7, 11) is 0. The van der Waals surface area contributed by atoms with Crippen LogP contribution in [0, 0.1) is 17.6 Å². The van der Waals surface area contributed by atoms with Crippen molar-refractivity contribution in [1.29, 1.82) is 0 Å². The van der Waals surface area contributed by atoms with Gasteiger partial charge in [0.2, 0.25) is 11.7 Å². The van der Waals surface area contributed by atoms with E-state index in [0.29, 0.717) is 0 Å². The second-order valence-corrected chi connectivity index (χ2v) is 10.6. The van der Waals surface area contributed by atoms with Gasteiger partial charge < -0.3 is 20.7 Å². The van der Waals surface area contributed by atoms with Crippen molar-refractivity contribution >= 4 is 46.7 Å². The van der Waals surface area contributed by atoms with Gasteiger partial charge in [0.15, 0.2) is 18.2 Å². The fourth-order valence-corrected chi connectivity index (χ4v) is 4.14. The van der Waals surface area contributed by atoms with E-state index in [1.807, 2.05) is 5.32 Å². The van der Waals surface area contributed by atoms with E-state index >= 15 is 0 Å². The number of carbonyl (C=O) groups excluding carboxylic acids is 4. The monoisotopic (exact) mass is 675 g/mol. The number of hydrogen-bond acceptors (Lipinski definition) is 5. The Bertz CT molecular complexity index is 1360. The van der Waals surface area contributed by atoms with Crippen molar-refractivity contribution in [1.82, 2.24) is 16.0 Å². The lowest BCUT2D eigenvalue weighted by atomic mass is 9.94. The van der Waals surface area contributed by atoms with E-state index in [1.165, 1.54) is 37.4 Å². The molecule has 0 fully saturated rings. The van der Waals surface area contributed by atoms with Gasteiger partial charge in [0.1, 0.15) is 11.8 Å². The van der Waals surface area contributed by atoms with E-state index in [-0.39, 0.29) is 21.4 Å². The van der Waals surface area contributed by atoms with Crippen molar-refractivity contribution in [3.63, 3.8) is 0 Å². The predicted molar refractivity (Wildman–Crippen MR) is 144 cm³/mol. The van der Waals surface area contributed by atoms with Crippen molar-refractivity contribution in [2.24, 2.45) is 5.92 Å². The molecule has 0 radical (unpaired) electrons. The van der Waals surface area contributed by atoms with Crippen molar-refractivity contribution in [3.05, 3.63) is 63.6 Å². The number of rotatable bonds is 14. The van der Waals surface area contributed by atoms with Crippen LogP contribution in [-0.4, -0.2) is 60.8 Å². The number of nitrogens with one attached hydrogen (secondary N) is 3. The molecule has 0 saturated heterocycles. The number of carbonyl (C=O) groups is 4. The predicted octanol–water partition coefficient (Wildman–Crippen LogP) is 4.79. The normalized spacial score (nSPS) is 13.2. The zero-order valence-electron chi connectivity index (χ0n) is 23.0. The summed E-state index contributed by atoms with van der Waals surface area (Å²) in [5.74, 6) is -15.0. The molecule has 0 aromatic heterocycles. The molecule has 44 heavy (non-hydrogen) atoms. The smallest absolute Gasteiger partial charge is 0.390 e. The maximum absolute atomic E-state index is 14.7. The summed E-state index contributed by atoms with van der Waals surface area (Å²) in [4.78, 5) is 50.4. The minimum absolute atomic E-state index is 0.0197. The topological polar surface area (TPSA) is 114 Å². The molecule has 0 aliphatic heterocycles. The van der Waals surface area contributed by atoms with Gasteiger partial charge in [-0.2, -0.15) is 22.0 Å². The average Bonchev–Trinajstić information content (AvgIpc) is 2.90. The highest BCUT2D eigenvalue weighted by Crippen LogP contribution is 2.25. The summed E-state index contributed by atoms with van der Waals surface area (Å²) in [5.41, 5.74) is -0.0197. The third-order valence-electron chi connectivity index (χ3n) is 5.82. The number of ether oxygens (including phenoxy) is 1. The number of halogens is 9. The van der Waals surface area contributed by atoms with E-state index in [9.17, 15) is 49.9 Å². The summed E-state index contributed by atoms with van der Waals surface area (Å²) in [6.45, 7) is 0.511. The first-order valence-electron chi connectivity index (χ1n) is 12.7. The van der Waals surface area contributed by atoms with Crippen LogP contribution in [0.2, 0.25) is 10.0 Å². The molecule has 0 heterocycles. The summed E-state index contributed by atoms with van der Waals surface area (Å²) in [6, 6.07) is 2.83. The molecule has 2 rings (SSSR count). The molecule has 0 aliphatic carbocycles. The van der Waals surface area contributed by atoms with E-state index in [4.69, 9.17) is 27.9 Å². The Morgan fingerprint density at radius 3 is 2.05 bits per heavy atom. The lowest BCUT2D eigenvalue weighted by Crippen LogP contribution is -2.59. The number of alkyl halides is 5. The van der Waals surface area contributed by atoms with Gasteiger partial charge in [-0.25, -0.2) is 8.78 Å². The summed E-state index contributed by atoms with van der Waals surface area (Å²) < 4.78 is 98.9. The van der Waals surface area contributed by atoms with Crippen LogP contribution in [0.4, 0.5) is 30.7 Å². The Kier molecular flexibility index (Phi) is 12.8. The maximum Gasteiger partial charge on any atom is 0.390 e. The highest BCUT2D eigenvalue weighted by Gasteiger charge is 2.51. The standard InChI is InChI=1S/C27H26Cl2F7N3O5/c1-13(2)22(23(41)27(35,36)25(43)37-6-5-26(32,33)34)39-24(42)20(8-14-3-4-18(30)19(31)7-14)38-21(40)12-44-17-10-15(28)9-16(29)11-17/h3-4,7,9-11,13,20,22H,5-6,8,12H2,1-2H3,(H,37,43)(H,38,40)(H,39,42)/t20?,22-/m0/s1. The summed E-state index contributed by atoms with van der Waals surface area (Å²) in [5, 5.41) is 5.95. The Balaban J connectivity index is 2.24. The van der Waals surface area contributed by atoms with Crippen LogP contribution in [0.1, 0.15) is 25.8 Å². The summed E-state index contributed by atoms with van der Waals surface area (Å²) >= 11 is 11.7.